The molecule has 0 radical (unpaired) electrons. The minimum atomic E-state index is -3.54. The van der Waals surface area contributed by atoms with Crippen molar-refractivity contribution >= 4 is 21.6 Å². The molecule has 1 fully saturated rings. The number of nitrogens with zero attached hydrogens (tertiary/aromatic N) is 2. The molecule has 1 aromatic heterocycles. The zero-order valence-corrected chi connectivity index (χ0v) is 13.5. The minimum absolute atomic E-state index is 0.0707. The summed E-state index contributed by atoms with van der Waals surface area (Å²) in [5.41, 5.74) is 0. The molecule has 2 rings (SSSR count). The molecule has 7 heteroatoms. The first-order valence-corrected chi connectivity index (χ1v) is 9.03. The molecule has 1 aliphatic rings. The molecule has 0 aliphatic heterocycles. The predicted octanol–water partition coefficient (Wildman–Crippen LogP) is 2.29. The number of rotatable bonds is 5. The molecule has 0 amide bonds. The fourth-order valence-electron chi connectivity index (χ4n) is 2.61. The number of aryl methyl sites for hydroxylation is 2. The number of halogens is 1. The SMILES string of the molecule is CCn1cc(S(=O)(=O)NCC2CCCCC2Cl)nc1C. The predicted molar refractivity (Wildman–Crippen MR) is 79.4 cm³/mol. The van der Waals surface area contributed by atoms with E-state index in [2.05, 4.69) is 9.71 Å². The van der Waals surface area contributed by atoms with Gasteiger partial charge in [-0.15, -0.1) is 11.6 Å². The molecule has 2 atom stereocenters. The zero-order valence-electron chi connectivity index (χ0n) is 12.0. The topological polar surface area (TPSA) is 64.0 Å². The van der Waals surface area contributed by atoms with E-state index in [0.717, 1.165) is 25.7 Å². The highest BCUT2D eigenvalue weighted by Gasteiger charge is 2.26. The van der Waals surface area contributed by atoms with Crippen molar-refractivity contribution in [3.8, 4) is 0 Å². The van der Waals surface area contributed by atoms with Crippen molar-refractivity contribution < 1.29 is 8.42 Å². The maximum atomic E-state index is 12.2. The summed E-state index contributed by atoms with van der Waals surface area (Å²) in [6, 6.07) is 0. The van der Waals surface area contributed by atoms with Gasteiger partial charge in [0.15, 0.2) is 5.03 Å². The van der Waals surface area contributed by atoms with E-state index < -0.39 is 10.0 Å². The number of hydrogen-bond donors (Lipinski definition) is 1. The molecule has 0 bridgehead atoms. The fourth-order valence-corrected chi connectivity index (χ4v) is 4.08. The lowest BCUT2D eigenvalue weighted by Crippen LogP contribution is -2.34. The van der Waals surface area contributed by atoms with Gasteiger partial charge in [-0.25, -0.2) is 18.1 Å². The highest BCUT2D eigenvalue weighted by Crippen LogP contribution is 2.28. The Morgan fingerprint density at radius 2 is 2.15 bits per heavy atom. The van der Waals surface area contributed by atoms with Gasteiger partial charge in [0, 0.05) is 24.7 Å². The van der Waals surface area contributed by atoms with E-state index in [1.165, 1.54) is 0 Å². The van der Waals surface area contributed by atoms with Gasteiger partial charge in [-0.1, -0.05) is 12.8 Å². The van der Waals surface area contributed by atoms with E-state index in [9.17, 15) is 8.42 Å². The van der Waals surface area contributed by atoms with Gasteiger partial charge in [-0.3, -0.25) is 0 Å². The molecular weight excluding hydrogens is 298 g/mol. The number of alkyl halides is 1. The van der Waals surface area contributed by atoms with Gasteiger partial charge in [-0.2, -0.15) is 0 Å². The first-order valence-electron chi connectivity index (χ1n) is 7.11. The monoisotopic (exact) mass is 319 g/mol. The smallest absolute Gasteiger partial charge is 0.259 e. The van der Waals surface area contributed by atoms with Crippen molar-refractivity contribution in [2.75, 3.05) is 6.54 Å². The van der Waals surface area contributed by atoms with E-state index in [1.807, 2.05) is 11.5 Å². The molecule has 1 aromatic rings. The molecule has 0 aromatic carbocycles. The third-order valence-electron chi connectivity index (χ3n) is 3.92. The Bertz CT molecular complexity index is 556. The van der Waals surface area contributed by atoms with Crippen LogP contribution in [0.2, 0.25) is 0 Å². The standard InChI is InChI=1S/C13H22ClN3O2S/c1-3-17-9-13(16-10(17)2)20(18,19)15-8-11-6-4-5-7-12(11)14/h9,11-12,15H,3-8H2,1-2H3. The van der Waals surface area contributed by atoms with E-state index in [1.54, 1.807) is 13.1 Å². The molecule has 1 aliphatic carbocycles. The van der Waals surface area contributed by atoms with Gasteiger partial charge in [0.1, 0.15) is 5.82 Å². The second-order valence-electron chi connectivity index (χ2n) is 5.32. The van der Waals surface area contributed by atoms with Crippen LogP contribution in [0.3, 0.4) is 0 Å². The Hall–Kier alpha value is -0.590. The third-order valence-corrected chi connectivity index (χ3v) is 5.79. The Labute approximate surface area is 125 Å². The molecule has 1 saturated carbocycles. The van der Waals surface area contributed by atoms with Crippen LogP contribution in [0.5, 0.6) is 0 Å². The van der Waals surface area contributed by atoms with Crippen LogP contribution in [0, 0.1) is 12.8 Å². The summed E-state index contributed by atoms with van der Waals surface area (Å²) in [5.74, 6) is 0.926. The van der Waals surface area contributed by atoms with Crippen molar-refractivity contribution in [2.45, 2.75) is 56.5 Å². The Morgan fingerprint density at radius 1 is 1.45 bits per heavy atom. The normalized spacial score (nSPS) is 23.9. The summed E-state index contributed by atoms with van der Waals surface area (Å²) in [7, 11) is -3.54. The molecule has 114 valence electrons. The summed E-state index contributed by atoms with van der Waals surface area (Å²) >= 11 is 6.25. The van der Waals surface area contributed by atoms with Gasteiger partial charge >= 0.3 is 0 Å². The average molecular weight is 320 g/mol. The van der Waals surface area contributed by atoms with Crippen LogP contribution >= 0.6 is 11.6 Å². The summed E-state index contributed by atoms with van der Waals surface area (Å²) in [4.78, 5) is 4.12. The van der Waals surface area contributed by atoms with Crippen LogP contribution < -0.4 is 4.72 Å². The lowest BCUT2D eigenvalue weighted by Gasteiger charge is -2.26. The number of imidazole rings is 1. The van der Waals surface area contributed by atoms with Crippen molar-refractivity contribution in [1.29, 1.82) is 0 Å². The molecule has 1 N–H and O–H groups in total. The number of hydrogen-bond acceptors (Lipinski definition) is 3. The lowest BCUT2D eigenvalue weighted by molar-refractivity contribution is 0.364. The second kappa shape index (κ2) is 6.45. The third kappa shape index (κ3) is 3.54. The summed E-state index contributed by atoms with van der Waals surface area (Å²) < 4.78 is 28.9. The van der Waals surface area contributed by atoms with Crippen LogP contribution in [0.15, 0.2) is 11.2 Å². The van der Waals surface area contributed by atoms with E-state index in [0.29, 0.717) is 18.9 Å². The summed E-state index contributed by atoms with van der Waals surface area (Å²) in [6.07, 6.45) is 5.80. The van der Waals surface area contributed by atoms with Gasteiger partial charge in [0.2, 0.25) is 0 Å². The van der Waals surface area contributed by atoms with Gasteiger partial charge < -0.3 is 4.57 Å². The second-order valence-corrected chi connectivity index (χ2v) is 7.60. The van der Waals surface area contributed by atoms with Crippen LogP contribution in [-0.4, -0.2) is 29.9 Å². The largest absolute Gasteiger partial charge is 0.334 e. The molecule has 20 heavy (non-hydrogen) atoms. The van der Waals surface area contributed by atoms with Crippen molar-refractivity contribution in [2.24, 2.45) is 5.92 Å². The zero-order chi connectivity index (χ0) is 14.8. The Balaban J connectivity index is 2.03. The lowest BCUT2D eigenvalue weighted by atomic mass is 9.89. The maximum absolute atomic E-state index is 12.2. The number of nitrogens with one attached hydrogen (secondary N) is 1. The Kier molecular flexibility index (Phi) is 5.09. The molecule has 5 nitrogen and oxygen atoms in total. The van der Waals surface area contributed by atoms with E-state index in [-0.39, 0.29) is 16.3 Å². The van der Waals surface area contributed by atoms with E-state index in [4.69, 9.17) is 11.6 Å². The molecule has 0 saturated heterocycles. The van der Waals surface area contributed by atoms with E-state index >= 15 is 0 Å². The minimum Gasteiger partial charge on any atom is -0.334 e. The number of sulfonamides is 1. The summed E-state index contributed by atoms with van der Waals surface area (Å²) in [6.45, 7) is 4.87. The molecule has 0 spiro atoms. The Morgan fingerprint density at radius 3 is 2.75 bits per heavy atom. The highest BCUT2D eigenvalue weighted by molar-refractivity contribution is 7.89. The molecule has 1 heterocycles. The van der Waals surface area contributed by atoms with Crippen LogP contribution in [-0.2, 0) is 16.6 Å². The van der Waals surface area contributed by atoms with Crippen LogP contribution in [0.25, 0.3) is 0 Å². The highest BCUT2D eigenvalue weighted by atomic mass is 35.5. The average Bonchev–Trinajstić information content (AvgIpc) is 2.80. The first kappa shape index (κ1) is 15.8. The number of aromatic nitrogens is 2. The van der Waals surface area contributed by atoms with Crippen LogP contribution in [0.4, 0.5) is 0 Å². The molecule has 2 unspecified atom stereocenters. The maximum Gasteiger partial charge on any atom is 0.259 e. The van der Waals surface area contributed by atoms with Crippen LogP contribution in [0.1, 0.15) is 38.4 Å². The fraction of sp³-hybridized carbons (Fsp3) is 0.769. The van der Waals surface area contributed by atoms with Crippen molar-refractivity contribution in [3.05, 3.63) is 12.0 Å². The van der Waals surface area contributed by atoms with Crippen molar-refractivity contribution in [1.82, 2.24) is 14.3 Å². The summed E-state index contributed by atoms with van der Waals surface area (Å²) in [5, 5.41) is 0.167. The van der Waals surface area contributed by atoms with Gasteiger partial charge in [-0.05, 0) is 32.6 Å². The quantitative estimate of drug-likeness (QED) is 0.847. The van der Waals surface area contributed by atoms with Crippen molar-refractivity contribution in [3.63, 3.8) is 0 Å². The first-order chi connectivity index (χ1) is 9.44. The van der Waals surface area contributed by atoms with Gasteiger partial charge in [0.25, 0.3) is 10.0 Å². The molecular formula is C13H22ClN3O2S. The van der Waals surface area contributed by atoms with Gasteiger partial charge in [0.05, 0.1) is 0 Å².